The third-order valence-corrected chi connectivity index (χ3v) is 6.05. The van der Waals surface area contributed by atoms with E-state index in [1.54, 1.807) is 6.26 Å². The Bertz CT molecular complexity index is 1080. The summed E-state index contributed by atoms with van der Waals surface area (Å²) in [6.07, 6.45) is 2.63. The number of H-pyrrole nitrogens is 1. The molecule has 1 aromatic heterocycles. The molecular weight excluding hydrogens is 382 g/mol. The van der Waals surface area contributed by atoms with Gasteiger partial charge in [-0.15, -0.1) is 0 Å². The van der Waals surface area contributed by atoms with Crippen LogP contribution in [0.25, 0.3) is 10.9 Å². The zero-order valence-electron chi connectivity index (χ0n) is 16.2. The molecule has 2 aromatic carbocycles. The lowest BCUT2D eigenvalue weighted by molar-refractivity contribution is 0.0654. The number of para-hydroxylation sites is 1. The number of aromatic amines is 1. The van der Waals surface area contributed by atoms with Crippen LogP contribution in [0.4, 0.5) is 0 Å². The maximum Gasteiger partial charge on any atom is 0.229 e. The van der Waals surface area contributed by atoms with Gasteiger partial charge in [0.15, 0.2) is 10.9 Å². The van der Waals surface area contributed by atoms with Gasteiger partial charge in [0.05, 0.1) is 11.7 Å². The van der Waals surface area contributed by atoms with Crippen LogP contribution in [0.1, 0.15) is 35.8 Å². The Labute approximate surface area is 175 Å². The molecule has 0 spiro atoms. The number of nitrogens with zero attached hydrogens (tertiary/aromatic N) is 1. The molecule has 0 aliphatic carbocycles. The molecule has 148 valence electrons. The van der Waals surface area contributed by atoms with E-state index in [2.05, 4.69) is 58.5 Å². The molecule has 2 aliphatic rings. The molecule has 5 nitrogen and oxygen atoms in total. The van der Waals surface area contributed by atoms with Crippen LogP contribution in [-0.4, -0.2) is 28.3 Å². The van der Waals surface area contributed by atoms with E-state index in [1.165, 1.54) is 16.5 Å². The molecule has 0 radical (unpaired) electrons. The predicted molar refractivity (Wildman–Crippen MR) is 117 cm³/mol. The fraction of sp³-hybridized carbons (Fsp3) is 0.261. The molecule has 3 aromatic rings. The van der Waals surface area contributed by atoms with E-state index < -0.39 is 0 Å². The molecule has 0 saturated carbocycles. The van der Waals surface area contributed by atoms with Gasteiger partial charge in [0, 0.05) is 17.4 Å². The number of aromatic nitrogens is 1. The van der Waals surface area contributed by atoms with Gasteiger partial charge in [0.2, 0.25) is 6.79 Å². The van der Waals surface area contributed by atoms with Crippen LogP contribution in [0.5, 0.6) is 0 Å². The van der Waals surface area contributed by atoms with E-state index in [-0.39, 0.29) is 18.9 Å². The topological polar surface area (TPSA) is 49.5 Å². The number of ether oxygens (including phenoxy) is 2. The van der Waals surface area contributed by atoms with Crippen LogP contribution < -0.4 is 5.32 Å². The van der Waals surface area contributed by atoms with E-state index in [0.717, 1.165) is 29.9 Å². The second kappa shape index (κ2) is 7.44. The number of nitrogens with one attached hydrogen (secondary N) is 2. The zero-order chi connectivity index (χ0) is 19.8. The van der Waals surface area contributed by atoms with Crippen LogP contribution >= 0.6 is 12.2 Å². The lowest BCUT2D eigenvalue weighted by Gasteiger charge is -2.38. The number of thiocarbonyl (C=S) groups is 1. The molecule has 29 heavy (non-hydrogen) atoms. The highest BCUT2D eigenvalue weighted by molar-refractivity contribution is 7.80. The van der Waals surface area contributed by atoms with Gasteiger partial charge in [-0.05, 0) is 42.8 Å². The van der Waals surface area contributed by atoms with Crippen LogP contribution in [0.3, 0.4) is 0 Å². The quantitative estimate of drug-likeness (QED) is 0.626. The Balaban J connectivity index is 1.48. The molecule has 2 aliphatic heterocycles. The van der Waals surface area contributed by atoms with Gasteiger partial charge in [0.25, 0.3) is 0 Å². The summed E-state index contributed by atoms with van der Waals surface area (Å²) in [5, 5.41) is 5.49. The van der Waals surface area contributed by atoms with Gasteiger partial charge in [-0.1, -0.05) is 48.5 Å². The highest BCUT2D eigenvalue weighted by atomic mass is 32.1. The molecule has 0 bridgehead atoms. The number of hydrogen-bond acceptors (Lipinski definition) is 3. The molecule has 1 unspecified atom stereocenters. The average Bonchev–Trinajstić information content (AvgIpc) is 3.41. The van der Waals surface area contributed by atoms with Crippen molar-refractivity contribution in [2.24, 2.45) is 0 Å². The summed E-state index contributed by atoms with van der Waals surface area (Å²) in [7, 11) is 0. The Kier molecular flexibility index (Phi) is 4.64. The highest BCUT2D eigenvalue weighted by Crippen LogP contribution is 2.40. The first-order valence-corrected chi connectivity index (χ1v) is 10.3. The number of rotatable bonds is 3. The van der Waals surface area contributed by atoms with E-state index in [0.29, 0.717) is 5.11 Å². The molecule has 0 saturated heterocycles. The molecule has 2 atom stereocenters. The van der Waals surface area contributed by atoms with Gasteiger partial charge in [-0.3, -0.25) is 0 Å². The van der Waals surface area contributed by atoms with Crippen molar-refractivity contribution in [3.63, 3.8) is 0 Å². The molecule has 0 fully saturated rings. The summed E-state index contributed by atoms with van der Waals surface area (Å²) in [5.41, 5.74) is 4.80. The fourth-order valence-electron chi connectivity index (χ4n) is 4.24. The van der Waals surface area contributed by atoms with Crippen molar-refractivity contribution in [3.8, 4) is 0 Å². The first-order valence-electron chi connectivity index (χ1n) is 9.88. The van der Waals surface area contributed by atoms with E-state index >= 15 is 0 Å². The molecule has 0 amide bonds. The van der Waals surface area contributed by atoms with Crippen LogP contribution in [0, 0.1) is 0 Å². The van der Waals surface area contributed by atoms with Crippen molar-refractivity contribution in [3.05, 3.63) is 83.4 Å². The maximum atomic E-state index is 5.85. The SMILES string of the molecule is C[C@H](NC(=S)N1CCc2c([nH]c3ccccc23)C1C1=COCO1)c1ccccc1. The van der Waals surface area contributed by atoms with E-state index in [1.807, 2.05) is 18.2 Å². The van der Waals surface area contributed by atoms with Crippen molar-refractivity contribution in [1.29, 1.82) is 0 Å². The van der Waals surface area contributed by atoms with Crippen LogP contribution in [-0.2, 0) is 15.9 Å². The summed E-state index contributed by atoms with van der Waals surface area (Å²) in [4.78, 5) is 5.81. The number of hydrogen-bond donors (Lipinski definition) is 2. The first-order chi connectivity index (χ1) is 14.2. The van der Waals surface area contributed by atoms with E-state index in [9.17, 15) is 0 Å². The van der Waals surface area contributed by atoms with Gasteiger partial charge in [-0.2, -0.15) is 0 Å². The normalized spacial score (nSPS) is 19.1. The molecular formula is C23H23N3O2S. The van der Waals surface area contributed by atoms with E-state index in [4.69, 9.17) is 21.7 Å². The predicted octanol–water partition coefficient (Wildman–Crippen LogP) is 4.55. The third-order valence-electron chi connectivity index (χ3n) is 5.70. The molecule has 6 heteroatoms. The lowest BCUT2D eigenvalue weighted by atomic mass is 9.96. The van der Waals surface area contributed by atoms with Gasteiger partial charge in [-0.25, -0.2) is 0 Å². The fourth-order valence-corrected chi connectivity index (χ4v) is 4.62. The largest absolute Gasteiger partial charge is 0.462 e. The summed E-state index contributed by atoms with van der Waals surface area (Å²) in [6, 6.07) is 18.8. The zero-order valence-corrected chi connectivity index (χ0v) is 17.0. The average molecular weight is 406 g/mol. The van der Waals surface area contributed by atoms with Crippen molar-refractivity contribution < 1.29 is 9.47 Å². The first kappa shape index (κ1) is 18.1. The van der Waals surface area contributed by atoms with Crippen LogP contribution in [0.2, 0.25) is 0 Å². The smallest absolute Gasteiger partial charge is 0.229 e. The Morgan fingerprint density at radius 1 is 1.17 bits per heavy atom. The summed E-state index contributed by atoms with van der Waals surface area (Å²) >= 11 is 5.85. The van der Waals surface area contributed by atoms with Crippen molar-refractivity contribution in [1.82, 2.24) is 15.2 Å². The van der Waals surface area contributed by atoms with Gasteiger partial charge < -0.3 is 24.7 Å². The van der Waals surface area contributed by atoms with Crippen molar-refractivity contribution >= 4 is 28.2 Å². The summed E-state index contributed by atoms with van der Waals surface area (Å²) in [5.74, 6) is 0.786. The minimum Gasteiger partial charge on any atom is -0.462 e. The second-order valence-corrected chi connectivity index (χ2v) is 7.83. The summed E-state index contributed by atoms with van der Waals surface area (Å²) < 4.78 is 11.2. The third kappa shape index (κ3) is 3.23. The standard InChI is InChI=1S/C23H23N3O2S/c1-15(16-7-3-2-4-8-16)24-23(29)26-12-11-18-17-9-5-6-10-19(17)25-21(18)22(26)20-13-27-14-28-20/h2-10,13,15,22,25H,11-12,14H2,1H3,(H,24,29)/t15-,22?/m0/s1. The summed E-state index contributed by atoms with van der Waals surface area (Å²) in [6.45, 7) is 3.19. The maximum absolute atomic E-state index is 5.85. The minimum atomic E-state index is -0.128. The highest BCUT2D eigenvalue weighted by Gasteiger charge is 2.37. The molecule has 3 heterocycles. The Morgan fingerprint density at radius 2 is 1.97 bits per heavy atom. The van der Waals surface area contributed by atoms with Crippen LogP contribution in [0.15, 0.2) is 66.6 Å². The monoisotopic (exact) mass is 405 g/mol. The Hall–Kier alpha value is -2.99. The van der Waals surface area contributed by atoms with Gasteiger partial charge >= 0.3 is 0 Å². The second-order valence-electron chi connectivity index (χ2n) is 7.44. The number of benzene rings is 2. The van der Waals surface area contributed by atoms with Crippen molar-refractivity contribution in [2.75, 3.05) is 13.3 Å². The van der Waals surface area contributed by atoms with Gasteiger partial charge in [0.1, 0.15) is 12.3 Å². The lowest BCUT2D eigenvalue weighted by Crippen LogP contribution is -2.46. The Morgan fingerprint density at radius 3 is 2.76 bits per heavy atom. The molecule has 2 N–H and O–H groups in total. The van der Waals surface area contributed by atoms with Crippen molar-refractivity contribution in [2.45, 2.75) is 25.4 Å². The number of fused-ring (bicyclic) bond motifs is 3. The minimum absolute atomic E-state index is 0.114. The molecule has 5 rings (SSSR count).